The van der Waals surface area contributed by atoms with Gasteiger partial charge in [0.2, 0.25) is 0 Å². The first-order valence-electron chi connectivity index (χ1n) is 3.13. The predicted octanol–water partition coefficient (Wildman–Crippen LogP) is -0.0120. The summed E-state index contributed by atoms with van der Waals surface area (Å²) in [6.45, 7) is 10.0. The van der Waals surface area contributed by atoms with Gasteiger partial charge in [0.25, 0.3) is 0 Å². The van der Waals surface area contributed by atoms with Crippen molar-refractivity contribution in [2.24, 2.45) is 0 Å². The minimum absolute atomic E-state index is 0. The fourth-order valence-electron chi connectivity index (χ4n) is 0.340. The largest absolute Gasteiger partial charge is 3.00 e. The van der Waals surface area contributed by atoms with E-state index in [0.29, 0.717) is 0 Å². The molecule has 0 heterocycles. The maximum absolute atomic E-state index is 3.25. The fraction of sp³-hybridized carbons (Fsp3) is 0.333. The smallest absolute Gasteiger partial charge is 1.00 e. The van der Waals surface area contributed by atoms with Crippen LogP contribution < -0.4 is 12.4 Å². The Morgan fingerprint density at radius 1 is 1.18 bits per heavy atom. The molecule has 0 atom stereocenters. The van der Waals surface area contributed by atoms with Crippen LogP contribution in [0.4, 0.5) is 0 Å². The average Bonchev–Trinajstić information content (AvgIpc) is 2.51. The molecule has 0 fully saturated rings. The van der Waals surface area contributed by atoms with Gasteiger partial charge in [0.1, 0.15) is 0 Å². The van der Waals surface area contributed by atoms with Crippen molar-refractivity contribution >= 4 is 0 Å². The number of allylic oxidation sites excluding steroid dienone is 4. The molecule has 0 N–H and O–H groups in total. The minimum Gasteiger partial charge on any atom is -1.00 e. The molecule has 0 aliphatic heterocycles. The zero-order chi connectivity index (χ0) is 7.54. The molecule has 0 aromatic heterocycles. The summed E-state index contributed by atoms with van der Waals surface area (Å²) >= 11 is 0. The Morgan fingerprint density at radius 3 is 1.73 bits per heavy atom. The second-order valence-corrected chi connectivity index (χ2v) is 1.00. The summed E-state index contributed by atoms with van der Waals surface area (Å²) in [6, 6.07) is 0. The molecule has 0 aromatic carbocycles. The van der Waals surface area contributed by atoms with Crippen molar-refractivity contribution in [2.75, 3.05) is 0 Å². The first-order chi connectivity index (χ1) is 4.50. The van der Waals surface area contributed by atoms with E-state index >= 15 is 0 Å². The molecule has 11 heavy (non-hydrogen) atoms. The van der Waals surface area contributed by atoms with Crippen LogP contribution >= 0.6 is 0 Å². The van der Waals surface area contributed by atoms with Crippen LogP contribution in [0.15, 0.2) is 18.2 Å². The zero-order valence-electron chi connectivity index (χ0n) is 7.23. The van der Waals surface area contributed by atoms with E-state index in [2.05, 4.69) is 26.0 Å². The van der Waals surface area contributed by atoms with Gasteiger partial charge in [-0.2, -0.15) is 19.9 Å². The summed E-state index contributed by atoms with van der Waals surface area (Å²) in [7, 11) is 0. The maximum atomic E-state index is 3.25. The molecule has 0 bridgehead atoms. The quantitative estimate of drug-likeness (QED) is 0.386. The number of halogens is 1. The minimum atomic E-state index is 0. The first kappa shape index (κ1) is 22.5. The molecule has 1 rings (SSSR count). The number of rotatable bonds is 0. The average molecular weight is 207 g/mol. The van der Waals surface area contributed by atoms with Gasteiger partial charge >= 0.3 is 21.7 Å². The van der Waals surface area contributed by atoms with Crippen molar-refractivity contribution in [1.29, 1.82) is 0 Å². The molecule has 0 saturated heterocycles. The Bertz CT molecular complexity index is 67.6. The Balaban J connectivity index is -0.0000000369. The van der Waals surface area contributed by atoms with Crippen molar-refractivity contribution < 1.29 is 34.1 Å². The van der Waals surface area contributed by atoms with Crippen LogP contribution in [0.3, 0.4) is 0 Å². The monoisotopic (exact) mass is 206 g/mol. The Morgan fingerprint density at radius 2 is 1.64 bits per heavy atom. The molecule has 0 spiro atoms. The van der Waals surface area contributed by atoms with Crippen LogP contribution in [-0.4, -0.2) is 0 Å². The molecule has 0 saturated carbocycles. The molecule has 2 heteroatoms. The SMILES string of the molecule is [C-]1=CC=CC1.[CH2-]C.[CH2-]C.[Cl-].[Ti+3]. The van der Waals surface area contributed by atoms with Crippen LogP contribution in [0, 0.1) is 19.9 Å². The van der Waals surface area contributed by atoms with E-state index in [1.165, 1.54) is 0 Å². The molecule has 1 radical (unpaired) electrons. The van der Waals surface area contributed by atoms with Gasteiger partial charge in [-0.15, -0.1) is 6.42 Å². The molecule has 1 aliphatic carbocycles. The topological polar surface area (TPSA) is 0 Å². The van der Waals surface area contributed by atoms with E-state index in [4.69, 9.17) is 0 Å². The van der Waals surface area contributed by atoms with Crippen LogP contribution in [0.25, 0.3) is 0 Å². The Hall–Kier alpha value is 0.484. The van der Waals surface area contributed by atoms with E-state index in [-0.39, 0.29) is 34.1 Å². The van der Waals surface area contributed by atoms with E-state index in [1.54, 1.807) is 13.8 Å². The Labute approximate surface area is 92.4 Å². The normalized spacial score (nSPS) is 9.09. The van der Waals surface area contributed by atoms with E-state index in [1.807, 2.05) is 12.2 Å². The molecule has 0 amide bonds. The summed E-state index contributed by atoms with van der Waals surface area (Å²) in [5.41, 5.74) is 0. The van der Waals surface area contributed by atoms with Gasteiger partial charge in [0, 0.05) is 0 Å². The molecule has 63 valence electrons. The summed E-state index contributed by atoms with van der Waals surface area (Å²) in [5, 5.41) is 0. The van der Waals surface area contributed by atoms with Crippen molar-refractivity contribution in [2.45, 2.75) is 20.3 Å². The molecule has 0 unspecified atom stereocenters. The molecule has 0 nitrogen and oxygen atoms in total. The van der Waals surface area contributed by atoms with Crippen molar-refractivity contribution in [3.63, 3.8) is 0 Å². The van der Waals surface area contributed by atoms with Crippen molar-refractivity contribution in [3.05, 3.63) is 38.2 Å². The number of hydrogen-bond donors (Lipinski definition) is 0. The van der Waals surface area contributed by atoms with Gasteiger partial charge in [-0.25, -0.2) is 12.2 Å². The third-order valence-corrected chi connectivity index (χ3v) is 0.586. The van der Waals surface area contributed by atoms with Crippen LogP contribution in [0.2, 0.25) is 0 Å². The first-order valence-corrected chi connectivity index (χ1v) is 3.13. The fourth-order valence-corrected chi connectivity index (χ4v) is 0.340. The van der Waals surface area contributed by atoms with E-state index in [9.17, 15) is 0 Å². The summed E-state index contributed by atoms with van der Waals surface area (Å²) in [6.07, 6.45) is 10.0. The van der Waals surface area contributed by atoms with E-state index < -0.39 is 0 Å². The molecular weight excluding hydrogens is 191 g/mol. The molecule has 0 aromatic rings. The Kier molecular flexibility index (Phi) is 64.2. The van der Waals surface area contributed by atoms with Gasteiger partial charge in [0.15, 0.2) is 0 Å². The second-order valence-electron chi connectivity index (χ2n) is 1.00. The number of hydrogen-bond acceptors (Lipinski definition) is 0. The van der Waals surface area contributed by atoms with Gasteiger partial charge in [-0.3, -0.25) is 6.08 Å². The summed E-state index contributed by atoms with van der Waals surface area (Å²) in [5.74, 6) is 0. The third kappa shape index (κ3) is 25.1. The van der Waals surface area contributed by atoms with Gasteiger partial charge in [-0.05, 0) is 0 Å². The van der Waals surface area contributed by atoms with Crippen molar-refractivity contribution in [1.82, 2.24) is 0 Å². The zero-order valence-corrected chi connectivity index (χ0v) is 9.55. The standard InChI is InChI=1S/C5H5.2C2H5.ClH.Ti/c1-2-4-5-3-1;2*1-2;;/h1-3H,4H2;2*1H2,2H3;1H;/q3*-1;;+3/p-1. The van der Waals surface area contributed by atoms with Crippen LogP contribution in [-0.2, 0) is 21.7 Å². The molecule has 1 aliphatic rings. The van der Waals surface area contributed by atoms with Crippen LogP contribution in [0.5, 0.6) is 0 Å². The summed E-state index contributed by atoms with van der Waals surface area (Å²) < 4.78 is 0. The maximum Gasteiger partial charge on any atom is 3.00 e. The summed E-state index contributed by atoms with van der Waals surface area (Å²) in [4.78, 5) is 0. The van der Waals surface area contributed by atoms with Crippen LogP contribution in [0.1, 0.15) is 20.3 Å². The van der Waals surface area contributed by atoms with Crippen molar-refractivity contribution in [3.8, 4) is 0 Å². The predicted molar refractivity (Wildman–Crippen MR) is 43.6 cm³/mol. The molecular formula is C9H15ClTi-. The second kappa shape index (κ2) is 31.4. The third-order valence-electron chi connectivity index (χ3n) is 0.586. The van der Waals surface area contributed by atoms with Gasteiger partial charge in [-0.1, -0.05) is 0 Å². The van der Waals surface area contributed by atoms with E-state index in [0.717, 1.165) is 6.42 Å². The van der Waals surface area contributed by atoms with Gasteiger partial charge in [0.05, 0.1) is 0 Å². The van der Waals surface area contributed by atoms with Gasteiger partial charge < -0.3 is 26.3 Å².